The first-order valence-corrected chi connectivity index (χ1v) is 11.1. The molecule has 0 bridgehead atoms. The first-order valence-electron chi connectivity index (χ1n) is 10.7. The third-order valence-corrected chi connectivity index (χ3v) is 6.37. The maximum absolute atomic E-state index is 6.65. The first kappa shape index (κ1) is 20.2. The second kappa shape index (κ2) is 8.40. The van der Waals surface area contributed by atoms with Crippen molar-refractivity contribution in [2.75, 3.05) is 32.2 Å². The van der Waals surface area contributed by atoms with Crippen molar-refractivity contribution < 1.29 is 4.74 Å². The van der Waals surface area contributed by atoms with E-state index in [2.05, 4.69) is 47.3 Å². The van der Waals surface area contributed by atoms with E-state index in [1.807, 2.05) is 48.5 Å². The number of benzene rings is 2. The SMILES string of the molecule is CN(C)CC1CC(N2C=CN(c3cc4nc(Oc5ccccc5)ccc4cc3Cl)C2)C1. The molecule has 0 radical (unpaired) electrons. The van der Waals surface area contributed by atoms with Crippen molar-refractivity contribution in [3.63, 3.8) is 0 Å². The van der Waals surface area contributed by atoms with Gasteiger partial charge in [-0.25, -0.2) is 4.98 Å². The van der Waals surface area contributed by atoms with Gasteiger partial charge in [-0.1, -0.05) is 29.8 Å². The number of rotatable bonds is 6. The summed E-state index contributed by atoms with van der Waals surface area (Å²) < 4.78 is 5.91. The molecule has 0 spiro atoms. The summed E-state index contributed by atoms with van der Waals surface area (Å²) in [4.78, 5) is 11.6. The molecule has 0 amide bonds. The van der Waals surface area contributed by atoms with E-state index in [0.29, 0.717) is 11.9 Å². The number of nitrogens with zero attached hydrogens (tertiary/aromatic N) is 4. The van der Waals surface area contributed by atoms with Crippen LogP contribution in [0.5, 0.6) is 11.6 Å². The molecule has 2 aliphatic rings. The zero-order valence-corrected chi connectivity index (χ0v) is 18.7. The second-order valence-corrected chi connectivity index (χ2v) is 9.15. The van der Waals surface area contributed by atoms with Crippen LogP contribution in [0.3, 0.4) is 0 Å². The van der Waals surface area contributed by atoms with E-state index in [-0.39, 0.29) is 0 Å². The molecule has 5 rings (SSSR count). The Bertz CT molecular complexity index is 1100. The Morgan fingerprint density at radius 2 is 1.87 bits per heavy atom. The highest BCUT2D eigenvalue weighted by Gasteiger charge is 2.34. The van der Waals surface area contributed by atoms with Crippen molar-refractivity contribution in [2.45, 2.75) is 18.9 Å². The van der Waals surface area contributed by atoms with Gasteiger partial charge >= 0.3 is 0 Å². The summed E-state index contributed by atoms with van der Waals surface area (Å²) in [6, 6.07) is 18.2. The number of ether oxygens (including phenoxy) is 1. The largest absolute Gasteiger partial charge is 0.439 e. The first-order chi connectivity index (χ1) is 15.0. The van der Waals surface area contributed by atoms with E-state index in [1.165, 1.54) is 19.4 Å². The van der Waals surface area contributed by atoms with Crippen LogP contribution in [0.25, 0.3) is 10.9 Å². The van der Waals surface area contributed by atoms with Gasteiger partial charge in [-0.2, -0.15) is 0 Å². The Hall–Kier alpha value is -2.76. The molecule has 1 saturated carbocycles. The number of aromatic nitrogens is 1. The van der Waals surface area contributed by atoms with Crippen LogP contribution in [0.15, 0.2) is 67.0 Å². The van der Waals surface area contributed by atoms with Crippen molar-refractivity contribution in [2.24, 2.45) is 5.92 Å². The molecule has 6 heteroatoms. The second-order valence-electron chi connectivity index (χ2n) is 8.74. The maximum atomic E-state index is 6.65. The molecule has 31 heavy (non-hydrogen) atoms. The van der Waals surface area contributed by atoms with Crippen LogP contribution in [0.1, 0.15) is 12.8 Å². The van der Waals surface area contributed by atoms with E-state index < -0.39 is 0 Å². The van der Waals surface area contributed by atoms with Crippen LogP contribution in [0, 0.1) is 5.92 Å². The fourth-order valence-corrected chi connectivity index (χ4v) is 4.75. The number of fused-ring (bicyclic) bond motifs is 1. The highest BCUT2D eigenvalue weighted by molar-refractivity contribution is 6.34. The monoisotopic (exact) mass is 434 g/mol. The average molecular weight is 435 g/mol. The number of hydrogen-bond acceptors (Lipinski definition) is 5. The van der Waals surface area contributed by atoms with Gasteiger partial charge in [0.05, 0.1) is 22.9 Å². The topological polar surface area (TPSA) is 31.8 Å². The van der Waals surface area contributed by atoms with Crippen LogP contribution >= 0.6 is 11.6 Å². The molecule has 1 aromatic heterocycles. The lowest BCUT2D eigenvalue weighted by molar-refractivity contribution is 0.105. The molecule has 1 aliphatic heterocycles. The molecule has 0 unspecified atom stereocenters. The van der Waals surface area contributed by atoms with Crippen molar-refractivity contribution in [3.8, 4) is 11.6 Å². The number of halogens is 1. The van der Waals surface area contributed by atoms with Crippen molar-refractivity contribution in [3.05, 3.63) is 72.0 Å². The number of pyridine rings is 1. The molecule has 2 aromatic carbocycles. The van der Waals surface area contributed by atoms with E-state index >= 15 is 0 Å². The molecule has 0 N–H and O–H groups in total. The molecular formula is C25H27ClN4O. The van der Waals surface area contributed by atoms with E-state index in [1.54, 1.807) is 0 Å². The number of anilines is 1. The predicted octanol–water partition coefficient (Wildman–Crippen LogP) is 5.57. The van der Waals surface area contributed by atoms with Crippen LogP contribution < -0.4 is 9.64 Å². The minimum atomic E-state index is 0.576. The minimum absolute atomic E-state index is 0.576. The Kier molecular flexibility index (Phi) is 5.47. The summed E-state index contributed by atoms with van der Waals surface area (Å²) in [7, 11) is 4.30. The van der Waals surface area contributed by atoms with Gasteiger partial charge in [0.15, 0.2) is 0 Å². The quantitative estimate of drug-likeness (QED) is 0.506. The highest BCUT2D eigenvalue weighted by Crippen LogP contribution is 2.37. The third-order valence-electron chi connectivity index (χ3n) is 6.06. The van der Waals surface area contributed by atoms with Crippen LogP contribution in [-0.4, -0.2) is 48.1 Å². The molecule has 5 nitrogen and oxygen atoms in total. The molecule has 1 fully saturated rings. The highest BCUT2D eigenvalue weighted by atomic mass is 35.5. The Labute approximate surface area is 188 Å². The minimum Gasteiger partial charge on any atom is -0.439 e. The zero-order chi connectivity index (χ0) is 21.4. The Balaban J connectivity index is 1.31. The van der Waals surface area contributed by atoms with Gasteiger partial charge in [-0.3, -0.25) is 0 Å². The normalized spacial score (nSPS) is 20.5. The predicted molar refractivity (Wildman–Crippen MR) is 127 cm³/mol. The average Bonchev–Trinajstić information content (AvgIpc) is 3.20. The summed E-state index contributed by atoms with van der Waals surface area (Å²) >= 11 is 6.65. The van der Waals surface area contributed by atoms with Crippen LogP contribution in [0.2, 0.25) is 5.02 Å². The van der Waals surface area contributed by atoms with E-state index in [9.17, 15) is 0 Å². The third kappa shape index (κ3) is 4.34. The molecular weight excluding hydrogens is 408 g/mol. The van der Waals surface area contributed by atoms with Crippen molar-refractivity contribution in [1.82, 2.24) is 14.8 Å². The van der Waals surface area contributed by atoms with Gasteiger partial charge in [0, 0.05) is 36.4 Å². The Morgan fingerprint density at radius 1 is 1.06 bits per heavy atom. The van der Waals surface area contributed by atoms with E-state index in [0.717, 1.165) is 39.9 Å². The fraction of sp³-hybridized carbons (Fsp3) is 0.320. The fourth-order valence-electron chi connectivity index (χ4n) is 4.47. The van der Waals surface area contributed by atoms with Crippen molar-refractivity contribution >= 4 is 28.2 Å². The molecule has 160 valence electrons. The standard InChI is InChI=1S/C25H27ClN4O/c1-28(2)16-18-12-20(13-18)29-10-11-30(17-29)24-15-23-19(14-22(24)26)8-9-25(27-23)31-21-6-4-3-5-7-21/h3-11,14-15,18,20H,12-13,16-17H2,1-2H3. The summed E-state index contributed by atoms with van der Waals surface area (Å²) in [6.45, 7) is 2.00. The summed E-state index contributed by atoms with van der Waals surface area (Å²) in [5, 5.41) is 1.73. The smallest absolute Gasteiger partial charge is 0.219 e. The molecule has 1 aliphatic carbocycles. The van der Waals surface area contributed by atoms with Crippen LogP contribution in [-0.2, 0) is 0 Å². The lowest BCUT2D eigenvalue weighted by Gasteiger charge is -2.42. The lowest BCUT2D eigenvalue weighted by atomic mass is 9.79. The zero-order valence-electron chi connectivity index (χ0n) is 17.9. The summed E-state index contributed by atoms with van der Waals surface area (Å²) in [5.41, 5.74) is 1.84. The van der Waals surface area contributed by atoms with Gasteiger partial charge in [0.25, 0.3) is 0 Å². The number of para-hydroxylation sites is 1. The lowest BCUT2D eigenvalue weighted by Crippen LogP contribution is -2.45. The van der Waals surface area contributed by atoms with E-state index in [4.69, 9.17) is 21.3 Å². The van der Waals surface area contributed by atoms with Gasteiger partial charge in [0.2, 0.25) is 5.88 Å². The molecule has 0 atom stereocenters. The van der Waals surface area contributed by atoms with Crippen molar-refractivity contribution in [1.29, 1.82) is 0 Å². The molecule has 2 heterocycles. The van der Waals surface area contributed by atoms with Gasteiger partial charge in [-0.05, 0) is 63.2 Å². The van der Waals surface area contributed by atoms with Gasteiger partial charge in [0.1, 0.15) is 5.75 Å². The summed E-state index contributed by atoms with van der Waals surface area (Å²) in [5.74, 6) is 2.15. The summed E-state index contributed by atoms with van der Waals surface area (Å²) in [6.07, 6.45) is 6.82. The molecule has 0 saturated heterocycles. The number of hydrogen-bond donors (Lipinski definition) is 0. The Morgan fingerprint density at radius 3 is 2.65 bits per heavy atom. The van der Waals surface area contributed by atoms with Gasteiger partial charge < -0.3 is 19.4 Å². The van der Waals surface area contributed by atoms with Crippen LogP contribution in [0.4, 0.5) is 5.69 Å². The van der Waals surface area contributed by atoms with Gasteiger partial charge in [-0.15, -0.1) is 0 Å². The maximum Gasteiger partial charge on any atom is 0.219 e. The molecule has 3 aromatic rings.